The third-order valence-corrected chi connectivity index (χ3v) is 2.48. The fraction of sp³-hybridized carbons (Fsp3) is 0.0714. The van der Waals surface area contributed by atoms with Gasteiger partial charge in [0, 0.05) is 5.69 Å². The maximum atomic E-state index is 10.9. The van der Waals surface area contributed by atoms with E-state index in [4.69, 9.17) is 15.6 Å². The Morgan fingerprint density at radius 3 is 2.56 bits per heavy atom. The highest BCUT2D eigenvalue weighted by Gasteiger charge is 2.09. The van der Waals surface area contributed by atoms with Crippen LogP contribution in [0.15, 0.2) is 42.5 Å². The molecule has 3 N–H and O–H groups in total. The van der Waals surface area contributed by atoms with Crippen LogP contribution in [0.4, 0.5) is 5.69 Å². The number of anilines is 1. The fourth-order valence-electron chi connectivity index (χ4n) is 1.60. The van der Waals surface area contributed by atoms with Crippen LogP contribution in [-0.4, -0.2) is 11.1 Å². The Kier molecular flexibility index (Phi) is 3.19. The quantitative estimate of drug-likeness (QED) is 0.812. The van der Waals surface area contributed by atoms with Crippen molar-refractivity contribution in [2.24, 2.45) is 0 Å². The average Bonchev–Trinajstić information content (AvgIpc) is 2.31. The highest BCUT2D eigenvalue weighted by atomic mass is 16.5. The Morgan fingerprint density at radius 2 is 1.89 bits per heavy atom. The molecule has 0 aliphatic rings. The third kappa shape index (κ3) is 2.60. The van der Waals surface area contributed by atoms with Crippen molar-refractivity contribution in [1.29, 1.82) is 0 Å². The van der Waals surface area contributed by atoms with Gasteiger partial charge in [0.1, 0.15) is 11.5 Å². The molecule has 0 aliphatic carbocycles. The zero-order valence-corrected chi connectivity index (χ0v) is 9.88. The first-order valence-corrected chi connectivity index (χ1v) is 5.43. The molecular weight excluding hydrogens is 230 g/mol. The van der Waals surface area contributed by atoms with Crippen LogP contribution in [0.25, 0.3) is 0 Å². The summed E-state index contributed by atoms with van der Waals surface area (Å²) in [5.74, 6) is 0.0468. The second-order valence-electron chi connectivity index (χ2n) is 3.97. The molecule has 0 atom stereocenters. The average molecular weight is 243 g/mol. The first-order chi connectivity index (χ1) is 8.56. The van der Waals surface area contributed by atoms with Crippen LogP contribution >= 0.6 is 0 Å². The van der Waals surface area contributed by atoms with Gasteiger partial charge in [-0.3, -0.25) is 0 Å². The lowest BCUT2D eigenvalue weighted by Gasteiger charge is -2.08. The van der Waals surface area contributed by atoms with E-state index in [1.807, 2.05) is 31.2 Å². The molecule has 2 aromatic rings. The molecule has 2 aromatic carbocycles. The molecule has 0 heterocycles. The number of hydrogen-bond acceptors (Lipinski definition) is 3. The molecule has 4 heteroatoms. The number of ether oxygens (including phenoxy) is 1. The smallest absolute Gasteiger partial charge is 0.337 e. The molecule has 0 amide bonds. The maximum Gasteiger partial charge on any atom is 0.337 e. The molecule has 0 aromatic heterocycles. The highest BCUT2D eigenvalue weighted by Crippen LogP contribution is 2.25. The van der Waals surface area contributed by atoms with Crippen LogP contribution in [0.1, 0.15) is 15.9 Å². The van der Waals surface area contributed by atoms with Crippen LogP contribution in [0.5, 0.6) is 11.5 Å². The molecule has 0 fully saturated rings. The lowest BCUT2D eigenvalue weighted by Crippen LogP contribution is -2.02. The van der Waals surface area contributed by atoms with Gasteiger partial charge in [-0.2, -0.15) is 0 Å². The Morgan fingerprint density at radius 1 is 1.17 bits per heavy atom. The van der Waals surface area contributed by atoms with E-state index in [0.29, 0.717) is 11.5 Å². The van der Waals surface area contributed by atoms with Crippen molar-refractivity contribution in [3.63, 3.8) is 0 Å². The highest BCUT2D eigenvalue weighted by molar-refractivity contribution is 5.94. The van der Waals surface area contributed by atoms with Gasteiger partial charge in [0.05, 0.1) is 5.56 Å². The zero-order chi connectivity index (χ0) is 13.1. The second-order valence-corrected chi connectivity index (χ2v) is 3.97. The summed E-state index contributed by atoms with van der Waals surface area (Å²) in [5.41, 5.74) is 6.91. The summed E-state index contributed by atoms with van der Waals surface area (Å²) < 4.78 is 5.59. The zero-order valence-electron chi connectivity index (χ0n) is 9.88. The lowest BCUT2D eigenvalue weighted by atomic mass is 10.1. The Balaban J connectivity index is 2.30. The van der Waals surface area contributed by atoms with E-state index >= 15 is 0 Å². The van der Waals surface area contributed by atoms with Crippen LogP contribution in [-0.2, 0) is 0 Å². The Bertz CT molecular complexity index is 593. The van der Waals surface area contributed by atoms with E-state index in [-0.39, 0.29) is 11.3 Å². The third-order valence-electron chi connectivity index (χ3n) is 2.48. The van der Waals surface area contributed by atoms with Crippen LogP contribution in [0, 0.1) is 6.92 Å². The normalized spacial score (nSPS) is 10.1. The minimum Gasteiger partial charge on any atom is -0.478 e. The second kappa shape index (κ2) is 4.79. The standard InChI is InChI=1S/C14H13NO3/c1-9-3-2-4-10(7-9)18-11-5-6-13(15)12(8-11)14(16)17/h2-8H,15H2,1H3,(H,16,17). The first-order valence-electron chi connectivity index (χ1n) is 5.43. The molecule has 0 saturated heterocycles. The molecule has 92 valence electrons. The molecular formula is C14H13NO3. The summed E-state index contributed by atoms with van der Waals surface area (Å²) in [5, 5.41) is 8.96. The largest absolute Gasteiger partial charge is 0.478 e. The Hall–Kier alpha value is -2.49. The van der Waals surface area contributed by atoms with E-state index in [2.05, 4.69) is 0 Å². The van der Waals surface area contributed by atoms with Crippen molar-refractivity contribution in [3.05, 3.63) is 53.6 Å². The number of carboxylic acids is 1. The Labute approximate surface area is 105 Å². The van der Waals surface area contributed by atoms with Crippen LogP contribution in [0.3, 0.4) is 0 Å². The van der Waals surface area contributed by atoms with Crippen molar-refractivity contribution in [2.75, 3.05) is 5.73 Å². The number of hydrogen-bond donors (Lipinski definition) is 2. The first kappa shape index (κ1) is 12.0. The topological polar surface area (TPSA) is 72.5 Å². The van der Waals surface area contributed by atoms with E-state index in [0.717, 1.165) is 5.56 Å². The summed E-state index contributed by atoms with van der Waals surface area (Å²) >= 11 is 0. The lowest BCUT2D eigenvalue weighted by molar-refractivity contribution is 0.0697. The summed E-state index contributed by atoms with van der Waals surface area (Å²) in [6, 6.07) is 12.1. The van der Waals surface area contributed by atoms with E-state index in [9.17, 15) is 4.79 Å². The minimum atomic E-state index is -1.07. The van der Waals surface area contributed by atoms with Crippen molar-refractivity contribution in [1.82, 2.24) is 0 Å². The number of carboxylic acid groups (broad SMARTS) is 1. The van der Waals surface area contributed by atoms with Gasteiger partial charge in [-0.1, -0.05) is 12.1 Å². The van der Waals surface area contributed by atoms with Crippen molar-refractivity contribution >= 4 is 11.7 Å². The SMILES string of the molecule is Cc1cccc(Oc2ccc(N)c(C(=O)O)c2)c1. The van der Waals surface area contributed by atoms with Gasteiger partial charge in [-0.15, -0.1) is 0 Å². The number of aryl methyl sites for hydroxylation is 1. The van der Waals surface area contributed by atoms with Crippen molar-refractivity contribution < 1.29 is 14.6 Å². The van der Waals surface area contributed by atoms with E-state index < -0.39 is 5.97 Å². The molecule has 0 bridgehead atoms. The van der Waals surface area contributed by atoms with Crippen LogP contribution < -0.4 is 10.5 Å². The summed E-state index contributed by atoms with van der Waals surface area (Å²) in [6.45, 7) is 1.96. The van der Waals surface area contributed by atoms with Crippen molar-refractivity contribution in [2.45, 2.75) is 6.92 Å². The van der Waals surface area contributed by atoms with Gasteiger partial charge in [-0.25, -0.2) is 4.79 Å². The number of benzene rings is 2. The fourth-order valence-corrected chi connectivity index (χ4v) is 1.60. The van der Waals surface area contributed by atoms with Crippen molar-refractivity contribution in [3.8, 4) is 11.5 Å². The van der Waals surface area contributed by atoms with Crippen LogP contribution in [0.2, 0.25) is 0 Å². The molecule has 0 saturated carbocycles. The van der Waals surface area contributed by atoms with Gasteiger partial charge in [0.25, 0.3) is 0 Å². The molecule has 0 unspecified atom stereocenters. The monoisotopic (exact) mass is 243 g/mol. The van der Waals surface area contributed by atoms with Gasteiger partial charge in [0.15, 0.2) is 0 Å². The summed E-state index contributed by atoms with van der Waals surface area (Å²) in [6.07, 6.45) is 0. The molecule has 4 nitrogen and oxygen atoms in total. The molecule has 18 heavy (non-hydrogen) atoms. The number of carbonyl (C=O) groups is 1. The predicted octanol–water partition coefficient (Wildman–Crippen LogP) is 3.07. The van der Waals surface area contributed by atoms with Gasteiger partial charge >= 0.3 is 5.97 Å². The molecule has 0 spiro atoms. The molecule has 0 radical (unpaired) electrons. The number of nitrogen functional groups attached to an aromatic ring is 1. The number of nitrogens with two attached hydrogens (primary N) is 1. The predicted molar refractivity (Wildman–Crippen MR) is 69.1 cm³/mol. The number of aromatic carboxylic acids is 1. The summed E-state index contributed by atoms with van der Waals surface area (Å²) in [7, 11) is 0. The van der Waals surface area contributed by atoms with Gasteiger partial charge in [0.2, 0.25) is 0 Å². The number of rotatable bonds is 3. The van der Waals surface area contributed by atoms with E-state index in [1.165, 1.54) is 12.1 Å². The summed E-state index contributed by atoms with van der Waals surface area (Å²) in [4.78, 5) is 10.9. The molecule has 0 aliphatic heterocycles. The minimum absolute atomic E-state index is 0.0418. The van der Waals surface area contributed by atoms with E-state index in [1.54, 1.807) is 6.07 Å². The molecule has 2 rings (SSSR count). The van der Waals surface area contributed by atoms with Gasteiger partial charge < -0.3 is 15.6 Å². The van der Waals surface area contributed by atoms with Gasteiger partial charge in [-0.05, 0) is 42.8 Å². The maximum absolute atomic E-state index is 10.9.